The number of hydrogen-bond donors (Lipinski definition) is 1. The molecule has 0 radical (unpaired) electrons. The molecule has 5 heteroatoms. The van der Waals surface area contributed by atoms with E-state index in [0.29, 0.717) is 12.3 Å². The fourth-order valence-corrected chi connectivity index (χ4v) is 3.47. The van der Waals surface area contributed by atoms with E-state index in [0.717, 1.165) is 57.0 Å². The summed E-state index contributed by atoms with van der Waals surface area (Å²) < 4.78 is 10.7. The number of ether oxygens (including phenoxy) is 2. The smallest absolute Gasteiger partial charge is 0.221 e. The van der Waals surface area contributed by atoms with Crippen LogP contribution in [-0.2, 0) is 9.53 Å². The van der Waals surface area contributed by atoms with Gasteiger partial charge in [-0.15, -0.1) is 0 Å². The minimum atomic E-state index is -0.0121. The first-order valence-corrected chi connectivity index (χ1v) is 9.14. The molecule has 1 N–H and O–H groups in total. The van der Waals surface area contributed by atoms with Gasteiger partial charge in [0.15, 0.2) is 0 Å². The van der Waals surface area contributed by atoms with Gasteiger partial charge in [0, 0.05) is 26.1 Å². The lowest BCUT2D eigenvalue weighted by molar-refractivity contribution is -0.122. The largest absolute Gasteiger partial charge is 0.497 e. The van der Waals surface area contributed by atoms with E-state index in [4.69, 9.17) is 9.47 Å². The first-order valence-electron chi connectivity index (χ1n) is 9.14. The van der Waals surface area contributed by atoms with Gasteiger partial charge in [0.05, 0.1) is 26.4 Å². The molecule has 136 valence electrons. The first-order chi connectivity index (χ1) is 12.2. The van der Waals surface area contributed by atoms with E-state index in [-0.39, 0.29) is 11.9 Å². The fourth-order valence-electron chi connectivity index (χ4n) is 3.47. The van der Waals surface area contributed by atoms with Crippen LogP contribution in [-0.4, -0.2) is 50.8 Å². The summed E-state index contributed by atoms with van der Waals surface area (Å²) >= 11 is 0. The van der Waals surface area contributed by atoms with E-state index in [2.05, 4.69) is 22.4 Å². The molecule has 0 bridgehead atoms. The highest BCUT2D eigenvalue weighted by Crippen LogP contribution is 2.23. The molecule has 3 rings (SSSR count). The van der Waals surface area contributed by atoms with Gasteiger partial charge in [-0.05, 0) is 36.5 Å². The Hall–Kier alpha value is -1.85. The number of carbonyl (C=O) groups is 1. The van der Waals surface area contributed by atoms with Crippen LogP contribution in [0, 0.1) is 5.92 Å². The summed E-state index contributed by atoms with van der Waals surface area (Å²) in [7, 11) is 1.66. The number of nitrogens with one attached hydrogen (secondary N) is 1. The van der Waals surface area contributed by atoms with Crippen LogP contribution in [0.1, 0.15) is 30.9 Å². The monoisotopic (exact) mass is 344 g/mol. The summed E-state index contributed by atoms with van der Waals surface area (Å²) in [5.74, 6) is 1.35. The van der Waals surface area contributed by atoms with Gasteiger partial charge in [0.2, 0.25) is 5.91 Å². The minimum absolute atomic E-state index is 0.0121. The van der Waals surface area contributed by atoms with Gasteiger partial charge in [-0.2, -0.15) is 0 Å². The maximum absolute atomic E-state index is 12.5. The lowest BCUT2D eigenvalue weighted by atomic mass is 10.0. The minimum Gasteiger partial charge on any atom is -0.497 e. The van der Waals surface area contributed by atoms with Crippen molar-refractivity contribution in [2.45, 2.75) is 25.3 Å². The molecule has 0 unspecified atom stereocenters. The number of carbonyl (C=O) groups excluding carboxylic acids is 1. The SMILES string of the molecule is COc1ccc([C@H](CN2CCOCC2)NC(=O)C[C@H]2C=CCC2)cc1. The number of morpholine rings is 1. The standard InChI is InChI=1S/C20H28N2O3/c1-24-18-8-6-17(7-9-18)19(15-22-10-12-25-13-11-22)21-20(23)14-16-4-2-3-5-16/h2,4,6-9,16,19H,3,5,10-15H2,1H3,(H,21,23)/t16-,19-/m0/s1. The summed E-state index contributed by atoms with van der Waals surface area (Å²) in [5, 5.41) is 3.25. The van der Waals surface area contributed by atoms with E-state index in [1.54, 1.807) is 7.11 Å². The lowest BCUT2D eigenvalue weighted by Gasteiger charge is -2.31. The molecule has 0 aromatic heterocycles. The third-order valence-electron chi connectivity index (χ3n) is 4.96. The molecule has 1 heterocycles. The highest BCUT2D eigenvalue weighted by molar-refractivity contribution is 5.77. The van der Waals surface area contributed by atoms with Crippen molar-refractivity contribution in [2.24, 2.45) is 5.92 Å². The Morgan fingerprint density at radius 2 is 2.08 bits per heavy atom. The van der Waals surface area contributed by atoms with Crippen molar-refractivity contribution < 1.29 is 14.3 Å². The van der Waals surface area contributed by atoms with E-state index in [1.165, 1.54) is 0 Å². The van der Waals surface area contributed by atoms with Crippen LogP contribution in [0.2, 0.25) is 0 Å². The second-order valence-corrected chi connectivity index (χ2v) is 6.78. The average molecular weight is 344 g/mol. The fraction of sp³-hybridized carbons (Fsp3) is 0.550. The predicted molar refractivity (Wildman–Crippen MR) is 97.6 cm³/mol. The summed E-state index contributed by atoms with van der Waals surface area (Å²) in [5.41, 5.74) is 1.11. The van der Waals surface area contributed by atoms with Crippen molar-refractivity contribution in [1.82, 2.24) is 10.2 Å². The molecule has 2 atom stereocenters. The summed E-state index contributed by atoms with van der Waals surface area (Å²) in [6.45, 7) is 4.15. The van der Waals surface area contributed by atoms with E-state index >= 15 is 0 Å². The number of benzene rings is 1. The molecule has 1 amide bonds. The molecule has 2 aliphatic rings. The van der Waals surface area contributed by atoms with Crippen molar-refractivity contribution in [2.75, 3.05) is 40.0 Å². The molecule has 1 aromatic carbocycles. The van der Waals surface area contributed by atoms with Crippen LogP contribution in [0.4, 0.5) is 0 Å². The molecule has 0 saturated carbocycles. The molecule has 1 saturated heterocycles. The van der Waals surface area contributed by atoms with E-state index in [1.807, 2.05) is 24.3 Å². The molecule has 5 nitrogen and oxygen atoms in total. The molecule has 1 fully saturated rings. The summed E-state index contributed by atoms with van der Waals surface area (Å²) in [6, 6.07) is 7.97. The Morgan fingerprint density at radius 3 is 2.72 bits per heavy atom. The van der Waals surface area contributed by atoms with Crippen molar-refractivity contribution in [3.63, 3.8) is 0 Å². The zero-order valence-corrected chi connectivity index (χ0v) is 14.9. The third kappa shape index (κ3) is 5.31. The molecule has 1 aliphatic carbocycles. The Balaban J connectivity index is 1.65. The van der Waals surface area contributed by atoms with Gasteiger partial charge >= 0.3 is 0 Å². The maximum Gasteiger partial charge on any atom is 0.221 e. The zero-order valence-electron chi connectivity index (χ0n) is 14.9. The van der Waals surface area contributed by atoms with Gasteiger partial charge in [-0.3, -0.25) is 9.69 Å². The lowest BCUT2D eigenvalue weighted by Crippen LogP contribution is -2.43. The third-order valence-corrected chi connectivity index (χ3v) is 4.96. The zero-order chi connectivity index (χ0) is 17.5. The van der Waals surface area contributed by atoms with Gasteiger partial charge in [-0.1, -0.05) is 24.3 Å². The molecule has 1 aliphatic heterocycles. The van der Waals surface area contributed by atoms with Crippen molar-refractivity contribution in [1.29, 1.82) is 0 Å². The summed E-state index contributed by atoms with van der Waals surface area (Å²) in [6.07, 6.45) is 7.10. The normalized spacial score (nSPS) is 21.9. The van der Waals surface area contributed by atoms with E-state index < -0.39 is 0 Å². The molecular formula is C20H28N2O3. The number of methoxy groups -OCH3 is 1. The average Bonchev–Trinajstić information content (AvgIpc) is 3.15. The second-order valence-electron chi connectivity index (χ2n) is 6.78. The summed E-state index contributed by atoms with van der Waals surface area (Å²) in [4.78, 5) is 14.9. The van der Waals surface area contributed by atoms with Gasteiger partial charge in [0.25, 0.3) is 0 Å². The van der Waals surface area contributed by atoms with Crippen molar-refractivity contribution in [3.05, 3.63) is 42.0 Å². The number of allylic oxidation sites excluding steroid dienone is 2. The molecule has 0 spiro atoms. The number of amides is 1. The topological polar surface area (TPSA) is 50.8 Å². The highest BCUT2D eigenvalue weighted by Gasteiger charge is 2.22. The quantitative estimate of drug-likeness (QED) is 0.773. The maximum atomic E-state index is 12.5. The van der Waals surface area contributed by atoms with Crippen LogP contribution >= 0.6 is 0 Å². The number of nitrogens with zero attached hydrogens (tertiary/aromatic N) is 1. The Bertz CT molecular complexity index is 579. The van der Waals surface area contributed by atoms with Crippen molar-refractivity contribution in [3.8, 4) is 5.75 Å². The Kier molecular flexibility index (Phi) is 6.48. The Labute approximate surface area is 150 Å². The number of rotatable bonds is 7. The van der Waals surface area contributed by atoms with E-state index in [9.17, 15) is 4.79 Å². The second kappa shape index (κ2) is 9.02. The van der Waals surface area contributed by atoms with Crippen LogP contribution in [0.5, 0.6) is 5.75 Å². The highest BCUT2D eigenvalue weighted by atomic mass is 16.5. The first kappa shape index (κ1) is 18.0. The molecule has 1 aromatic rings. The van der Waals surface area contributed by atoms with Crippen LogP contribution in [0.25, 0.3) is 0 Å². The van der Waals surface area contributed by atoms with Crippen LogP contribution in [0.3, 0.4) is 0 Å². The van der Waals surface area contributed by atoms with Gasteiger partial charge in [0.1, 0.15) is 5.75 Å². The van der Waals surface area contributed by atoms with Crippen LogP contribution in [0.15, 0.2) is 36.4 Å². The van der Waals surface area contributed by atoms with Gasteiger partial charge < -0.3 is 14.8 Å². The molecule has 25 heavy (non-hydrogen) atoms. The van der Waals surface area contributed by atoms with Gasteiger partial charge in [-0.25, -0.2) is 0 Å². The number of hydrogen-bond acceptors (Lipinski definition) is 4. The Morgan fingerprint density at radius 1 is 1.32 bits per heavy atom. The van der Waals surface area contributed by atoms with Crippen molar-refractivity contribution >= 4 is 5.91 Å². The molecular weight excluding hydrogens is 316 g/mol. The van der Waals surface area contributed by atoms with Crippen LogP contribution < -0.4 is 10.1 Å². The predicted octanol–water partition coefficient (Wildman–Crippen LogP) is 2.54.